The maximum absolute atomic E-state index is 13.3. The molecule has 1 amide bonds. The van der Waals surface area contributed by atoms with Crippen LogP contribution in [0.25, 0.3) is 0 Å². The molecule has 4 saturated carbocycles. The van der Waals surface area contributed by atoms with Crippen LogP contribution in [0.2, 0.25) is 0 Å². The molecule has 0 heterocycles. The van der Waals surface area contributed by atoms with Gasteiger partial charge in [-0.25, -0.2) is 13.6 Å². The van der Waals surface area contributed by atoms with Crippen LogP contribution in [0.5, 0.6) is 0 Å². The highest BCUT2D eigenvalue weighted by molar-refractivity contribution is 7.89. The van der Waals surface area contributed by atoms with Crippen LogP contribution in [0.3, 0.4) is 0 Å². The van der Waals surface area contributed by atoms with Gasteiger partial charge in [0.15, 0.2) is 6.61 Å². The molecule has 7 nitrogen and oxygen atoms in total. The molecule has 0 saturated heterocycles. The third-order valence-electron chi connectivity index (χ3n) is 7.68. The van der Waals surface area contributed by atoms with E-state index in [1.165, 1.54) is 36.2 Å². The topological polar surface area (TPSA) is 116 Å². The quantitative estimate of drug-likeness (QED) is 0.631. The van der Waals surface area contributed by atoms with Crippen LogP contribution in [0.4, 0.5) is 5.69 Å². The Balaban J connectivity index is 1.25. The van der Waals surface area contributed by atoms with E-state index in [1.54, 1.807) is 0 Å². The summed E-state index contributed by atoms with van der Waals surface area (Å²) in [7, 11) is -3.80. The van der Waals surface area contributed by atoms with Gasteiger partial charge in [-0.1, -0.05) is 30.3 Å². The molecule has 4 bridgehead atoms. The van der Waals surface area contributed by atoms with Crippen LogP contribution in [0, 0.1) is 17.3 Å². The molecule has 0 radical (unpaired) electrons. The van der Waals surface area contributed by atoms with Gasteiger partial charge < -0.3 is 10.1 Å². The number of ether oxygens (including phenoxy) is 1. The van der Waals surface area contributed by atoms with Crippen molar-refractivity contribution in [1.82, 2.24) is 0 Å². The van der Waals surface area contributed by atoms with Crippen molar-refractivity contribution in [2.45, 2.75) is 48.8 Å². The Kier molecular flexibility index (Phi) is 5.33. The normalized spacial score (nSPS) is 30.1. The highest BCUT2D eigenvalue weighted by Crippen LogP contribution is 2.66. The predicted molar refractivity (Wildman–Crippen MR) is 123 cm³/mol. The van der Waals surface area contributed by atoms with Crippen LogP contribution in [0.15, 0.2) is 59.5 Å². The number of carbonyl (C=O) groups is 2. The number of esters is 1. The van der Waals surface area contributed by atoms with Gasteiger partial charge in [-0.15, -0.1) is 0 Å². The third-order valence-corrected chi connectivity index (χ3v) is 8.61. The number of hydrogen-bond donors (Lipinski definition) is 2. The van der Waals surface area contributed by atoms with Crippen molar-refractivity contribution < 1.29 is 22.7 Å². The fourth-order valence-electron chi connectivity index (χ4n) is 6.84. The maximum atomic E-state index is 13.3. The molecular formula is C25H28N2O5S. The van der Waals surface area contributed by atoms with Gasteiger partial charge >= 0.3 is 5.97 Å². The maximum Gasteiger partial charge on any atom is 0.312 e. The van der Waals surface area contributed by atoms with E-state index in [9.17, 15) is 18.0 Å². The van der Waals surface area contributed by atoms with Crippen LogP contribution >= 0.6 is 0 Å². The zero-order chi connectivity index (χ0) is 23.3. The van der Waals surface area contributed by atoms with Crippen LogP contribution in [-0.2, 0) is 29.8 Å². The highest BCUT2D eigenvalue weighted by Gasteiger charge is 2.61. The fourth-order valence-corrected chi connectivity index (χ4v) is 7.36. The number of sulfonamides is 1. The number of nitrogens with two attached hydrogens (primary N) is 1. The Bertz CT molecular complexity index is 1160. The Labute approximate surface area is 193 Å². The van der Waals surface area contributed by atoms with Gasteiger partial charge in [0.2, 0.25) is 10.0 Å². The van der Waals surface area contributed by atoms with E-state index >= 15 is 0 Å². The zero-order valence-corrected chi connectivity index (χ0v) is 19.1. The molecule has 3 N–H and O–H groups in total. The number of amides is 1. The lowest BCUT2D eigenvalue weighted by Gasteiger charge is -2.61. The third kappa shape index (κ3) is 4.17. The van der Waals surface area contributed by atoms with Crippen LogP contribution in [0.1, 0.15) is 44.1 Å². The first-order chi connectivity index (χ1) is 15.7. The minimum Gasteiger partial charge on any atom is -0.455 e. The molecule has 6 rings (SSSR count). The Morgan fingerprint density at radius 1 is 0.970 bits per heavy atom. The lowest BCUT2D eigenvalue weighted by molar-refractivity contribution is -0.175. The number of anilines is 1. The van der Waals surface area contributed by atoms with Crippen LogP contribution < -0.4 is 10.5 Å². The SMILES string of the molecule is NS(=O)(=O)c1ccc(NC(=O)COC(=O)C23CC4CC(C2)CC(c2ccccc2)(C4)C3)cc1. The number of nitrogens with one attached hydrogen (secondary N) is 1. The number of carbonyl (C=O) groups excluding carboxylic acids is 2. The molecule has 8 heteroatoms. The Morgan fingerprint density at radius 3 is 2.21 bits per heavy atom. The molecule has 2 unspecified atom stereocenters. The van der Waals surface area contributed by atoms with Crippen molar-refractivity contribution >= 4 is 27.6 Å². The molecule has 2 aromatic rings. The molecule has 4 fully saturated rings. The minimum absolute atomic E-state index is 0.0255. The number of primary sulfonamides is 1. The molecule has 33 heavy (non-hydrogen) atoms. The molecule has 4 aliphatic carbocycles. The highest BCUT2D eigenvalue weighted by atomic mass is 32.2. The van der Waals surface area contributed by atoms with Crippen molar-refractivity contribution in [1.29, 1.82) is 0 Å². The average molecular weight is 469 g/mol. The zero-order valence-electron chi connectivity index (χ0n) is 18.3. The summed E-state index contributed by atoms with van der Waals surface area (Å²) in [6.45, 7) is -0.370. The largest absolute Gasteiger partial charge is 0.455 e. The van der Waals surface area contributed by atoms with Gasteiger partial charge in [0.25, 0.3) is 5.91 Å². The van der Waals surface area contributed by atoms with Gasteiger partial charge in [0, 0.05) is 5.69 Å². The first kappa shape index (κ1) is 22.1. The second-order valence-corrected chi connectivity index (χ2v) is 11.6. The van der Waals surface area contributed by atoms with E-state index in [2.05, 4.69) is 29.6 Å². The second kappa shape index (κ2) is 7.95. The van der Waals surface area contributed by atoms with Crippen LogP contribution in [-0.4, -0.2) is 26.9 Å². The van der Waals surface area contributed by atoms with E-state index in [1.807, 2.05) is 6.07 Å². The molecular weight excluding hydrogens is 440 g/mol. The van der Waals surface area contributed by atoms with E-state index in [-0.39, 0.29) is 22.9 Å². The van der Waals surface area contributed by atoms with Gasteiger partial charge in [-0.2, -0.15) is 0 Å². The van der Waals surface area contributed by atoms with Crippen molar-refractivity contribution in [2.75, 3.05) is 11.9 Å². The van der Waals surface area contributed by atoms with Crippen molar-refractivity contribution in [3.8, 4) is 0 Å². The summed E-state index contributed by atoms with van der Waals surface area (Å²) in [5.74, 6) is 0.307. The summed E-state index contributed by atoms with van der Waals surface area (Å²) >= 11 is 0. The van der Waals surface area contributed by atoms with E-state index in [4.69, 9.17) is 9.88 Å². The molecule has 2 aromatic carbocycles. The number of benzene rings is 2. The van der Waals surface area contributed by atoms with E-state index < -0.39 is 21.3 Å². The fraction of sp³-hybridized carbons (Fsp3) is 0.440. The molecule has 4 aliphatic rings. The molecule has 0 spiro atoms. The summed E-state index contributed by atoms with van der Waals surface area (Å²) in [4.78, 5) is 25.6. The van der Waals surface area contributed by atoms with Gasteiger partial charge in [-0.05, 0) is 85.6 Å². The summed E-state index contributed by atoms with van der Waals surface area (Å²) < 4.78 is 28.3. The lowest BCUT2D eigenvalue weighted by atomic mass is 9.43. The monoisotopic (exact) mass is 468 g/mol. The minimum atomic E-state index is -3.80. The van der Waals surface area contributed by atoms with E-state index in [0.717, 1.165) is 32.1 Å². The first-order valence-corrected chi connectivity index (χ1v) is 12.9. The van der Waals surface area contributed by atoms with Crippen molar-refractivity contribution in [3.05, 3.63) is 60.2 Å². The Morgan fingerprint density at radius 2 is 1.61 bits per heavy atom. The Hall–Kier alpha value is -2.71. The second-order valence-electron chi connectivity index (χ2n) is 10.1. The predicted octanol–water partition coefficient (Wildman–Crippen LogP) is 3.35. The summed E-state index contributed by atoms with van der Waals surface area (Å²) in [5, 5.41) is 7.72. The van der Waals surface area contributed by atoms with Gasteiger partial charge in [-0.3, -0.25) is 9.59 Å². The molecule has 0 aromatic heterocycles. The number of rotatable bonds is 6. The molecule has 2 atom stereocenters. The first-order valence-electron chi connectivity index (χ1n) is 11.3. The van der Waals surface area contributed by atoms with E-state index in [0.29, 0.717) is 17.5 Å². The summed E-state index contributed by atoms with van der Waals surface area (Å²) in [5.41, 5.74) is 1.23. The van der Waals surface area contributed by atoms with Crippen molar-refractivity contribution in [3.63, 3.8) is 0 Å². The summed E-state index contributed by atoms with van der Waals surface area (Å²) in [6.07, 6.45) is 5.89. The number of hydrogen-bond acceptors (Lipinski definition) is 5. The van der Waals surface area contributed by atoms with Gasteiger partial charge in [0.05, 0.1) is 10.3 Å². The molecule has 174 valence electrons. The standard InChI is InChI=1S/C25H28N2O5S/c26-33(30,31)21-8-6-20(7-9-21)27-22(28)15-32-23(29)25-13-17-10-18(14-25)12-24(11-17,16-25)19-4-2-1-3-5-19/h1-9,17-18H,10-16H2,(H,27,28)(H2,26,30,31). The van der Waals surface area contributed by atoms with Gasteiger partial charge in [0.1, 0.15) is 0 Å². The summed E-state index contributed by atoms with van der Waals surface area (Å²) in [6, 6.07) is 16.0. The average Bonchev–Trinajstić information content (AvgIpc) is 2.77. The smallest absolute Gasteiger partial charge is 0.312 e. The lowest BCUT2D eigenvalue weighted by Crippen LogP contribution is -2.57. The van der Waals surface area contributed by atoms with Crippen molar-refractivity contribution in [2.24, 2.45) is 22.4 Å². The molecule has 0 aliphatic heterocycles.